The predicted molar refractivity (Wildman–Crippen MR) is 142 cm³/mol. The van der Waals surface area contributed by atoms with Crippen LogP contribution in [0.1, 0.15) is 35.6 Å². The Morgan fingerprint density at radius 2 is 1.64 bits per heavy atom. The van der Waals surface area contributed by atoms with E-state index in [1.807, 2.05) is 55.5 Å². The fraction of sp³-hybridized carbons (Fsp3) is 0.241. The molecule has 0 radical (unpaired) electrons. The summed E-state index contributed by atoms with van der Waals surface area (Å²) in [7, 11) is 1.47. The number of aliphatic hydroxyl groups excluding tert-OH is 1. The standard InChI is InChI=1S/C29H27ClN2O4/c1-18-7-3-4-8-22(18)26-25(27(33)23-17-19(30)9-14-24(23)36-2)28(34)29(35)32(26)21-12-10-20(11-13-21)31-15-5-6-16-31/h3-4,7-14,17,26,33H,5-6,15-16H2,1-2H3/b27-25+. The van der Waals surface area contributed by atoms with Crippen molar-refractivity contribution in [2.75, 3.05) is 30.0 Å². The quantitative estimate of drug-likeness (QED) is 0.268. The highest BCUT2D eigenvalue weighted by Crippen LogP contribution is 2.44. The zero-order valence-corrected chi connectivity index (χ0v) is 21.0. The maximum atomic E-state index is 13.5. The molecule has 0 saturated carbocycles. The molecule has 5 rings (SSSR count). The van der Waals surface area contributed by atoms with Gasteiger partial charge in [0.1, 0.15) is 11.5 Å². The molecule has 6 nitrogen and oxygen atoms in total. The maximum absolute atomic E-state index is 13.5. The van der Waals surface area contributed by atoms with Crippen LogP contribution >= 0.6 is 11.6 Å². The number of rotatable bonds is 5. The molecule has 2 heterocycles. The highest BCUT2D eigenvalue weighted by atomic mass is 35.5. The third kappa shape index (κ3) is 4.11. The van der Waals surface area contributed by atoms with Gasteiger partial charge in [-0.2, -0.15) is 0 Å². The van der Waals surface area contributed by atoms with Crippen molar-refractivity contribution in [2.45, 2.75) is 25.8 Å². The summed E-state index contributed by atoms with van der Waals surface area (Å²) in [4.78, 5) is 30.7. The van der Waals surface area contributed by atoms with Gasteiger partial charge in [0.05, 0.1) is 24.3 Å². The first kappa shape index (κ1) is 23.9. The number of Topliss-reactive ketones (excluding diaryl/α,β-unsaturated/α-hetero) is 1. The molecule has 3 aromatic carbocycles. The average Bonchev–Trinajstić information content (AvgIpc) is 3.51. The van der Waals surface area contributed by atoms with Crippen molar-refractivity contribution in [1.29, 1.82) is 0 Å². The van der Waals surface area contributed by atoms with Gasteiger partial charge >= 0.3 is 0 Å². The van der Waals surface area contributed by atoms with E-state index in [0.29, 0.717) is 16.5 Å². The molecule has 36 heavy (non-hydrogen) atoms. The van der Waals surface area contributed by atoms with Crippen LogP contribution in [0.25, 0.3) is 5.76 Å². The minimum atomic E-state index is -0.812. The Morgan fingerprint density at radius 3 is 2.31 bits per heavy atom. The monoisotopic (exact) mass is 502 g/mol. The third-order valence-corrected chi connectivity index (χ3v) is 7.18. The number of ether oxygens (including phenoxy) is 1. The molecular formula is C29H27ClN2O4. The molecule has 1 unspecified atom stereocenters. The van der Waals surface area contributed by atoms with Gasteiger partial charge in [0.2, 0.25) is 0 Å². The van der Waals surface area contributed by atoms with Crippen molar-refractivity contribution in [3.63, 3.8) is 0 Å². The maximum Gasteiger partial charge on any atom is 0.300 e. The van der Waals surface area contributed by atoms with E-state index in [0.717, 1.165) is 42.7 Å². The smallest absolute Gasteiger partial charge is 0.300 e. The number of amides is 1. The molecule has 1 amide bonds. The number of benzene rings is 3. The SMILES string of the molecule is COc1ccc(Cl)cc1/C(O)=C1\C(=O)C(=O)N(c2ccc(N3CCCC3)cc2)C1c1ccccc1C. The van der Waals surface area contributed by atoms with Crippen molar-refractivity contribution in [2.24, 2.45) is 0 Å². The number of halogens is 1. The number of carbonyl (C=O) groups excluding carboxylic acids is 2. The van der Waals surface area contributed by atoms with Crippen molar-refractivity contribution in [3.8, 4) is 5.75 Å². The molecule has 0 aromatic heterocycles. The van der Waals surface area contributed by atoms with Gasteiger partial charge in [-0.25, -0.2) is 0 Å². The molecule has 2 aliphatic heterocycles. The summed E-state index contributed by atoms with van der Waals surface area (Å²) in [5.74, 6) is -1.43. The van der Waals surface area contributed by atoms with Gasteiger partial charge in [-0.05, 0) is 73.4 Å². The summed E-state index contributed by atoms with van der Waals surface area (Å²) in [6, 6.07) is 19.2. The molecule has 2 aliphatic rings. The van der Waals surface area contributed by atoms with E-state index in [-0.39, 0.29) is 16.9 Å². The van der Waals surface area contributed by atoms with Gasteiger partial charge in [0, 0.05) is 29.5 Å². The molecule has 0 spiro atoms. The fourth-order valence-electron chi connectivity index (χ4n) is 5.10. The van der Waals surface area contributed by atoms with Crippen molar-refractivity contribution < 1.29 is 19.4 Å². The van der Waals surface area contributed by atoms with Crippen LogP contribution in [0.5, 0.6) is 5.75 Å². The number of nitrogens with zero attached hydrogens (tertiary/aromatic N) is 2. The predicted octanol–water partition coefficient (Wildman–Crippen LogP) is 5.88. The zero-order chi connectivity index (χ0) is 25.4. The lowest BCUT2D eigenvalue weighted by Crippen LogP contribution is -2.29. The molecule has 2 fully saturated rings. The lowest BCUT2D eigenvalue weighted by atomic mass is 9.92. The molecule has 3 aromatic rings. The van der Waals surface area contributed by atoms with Crippen LogP contribution in [0.3, 0.4) is 0 Å². The summed E-state index contributed by atoms with van der Waals surface area (Å²) >= 11 is 6.21. The lowest BCUT2D eigenvalue weighted by Gasteiger charge is -2.27. The second kappa shape index (κ2) is 9.70. The Labute approximate surface area is 215 Å². The third-order valence-electron chi connectivity index (χ3n) is 6.94. The zero-order valence-electron chi connectivity index (χ0n) is 20.2. The second-order valence-electron chi connectivity index (χ2n) is 9.08. The minimum absolute atomic E-state index is 0.00140. The molecule has 0 bridgehead atoms. The van der Waals surface area contributed by atoms with E-state index in [1.165, 1.54) is 18.1 Å². The van der Waals surface area contributed by atoms with E-state index in [1.54, 1.807) is 12.1 Å². The molecular weight excluding hydrogens is 476 g/mol. The van der Waals surface area contributed by atoms with E-state index in [2.05, 4.69) is 4.90 Å². The topological polar surface area (TPSA) is 70.1 Å². The Morgan fingerprint density at radius 1 is 0.972 bits per heavy atom. The minimum Gasteiger partial charge on any atom is -0.507 e. The van der Waals surface area contributed by atoms with Crippen LogP contribution in [0.15, 0.2) is 72.3 Å². The van der Waals surface area contributed by atoms with E-state index in [4.69, 9.17) is 16.3 Å². The largest absolute Gasteiger partial charge is 0.507 e. The molecule has 1 atom stereocenters. The van der Waals surface area contributed by atoms with E-state index >= 15 is 0 Å². The number of ketones is 1. The van der Waals surface area contributed by atoms with Gasteiger partial charge in [0.15, 0.2) is 0 Å². The molecule has 2 saturated heterocycles. The number of anilines is 2. The summed E-state index contributed by atoms with van der Waals surface area (Å²) < 4.78 is 5.41. The number of carbonyl (C=O) groups is 2. The van der Waals surface area contributed by atoms with Crippen LogP contribution in [-0.4, -0.2) is 37.0 Å². The highest BCUT2D eigenvalue weighted by molar-refractivity contribution is 6.51. The van der Waals surface area contributed by atoms with Gasteiger partial charge in [-0.15, -0.1) is 0 Å². The van der Waals surface area contributed by atoms with Gasteiger partial charge in [-0.1, -0.05) is 35.9 Å². The first-order chi connectivity index (χ1) is 17.4. The van der Waals surface area contributed by atoms with E-state index < -0.39 is 17.7 Å². The number of hydrogen-bond donors (Lipinski definition) is 1. The number of hydrogen-bond acceptors (Lipinski definition) is 5. The normalized spacial score (nSPS) is 19.2. The van der Waals surface area contributed by atoms with Crippen LogP contribution in [0, 0.1) is 6.92 Å². The Hall–Kier alpha value is -3.77. The Bertz CT molecular complexity index is 1360. The van der Waals surface area contributed by atoms with Crippen LogP contribution in [-0.2, 0) is 9.59 Å². The summed E-state index contributed by atoms with van der Waals surface area (Å²) in [6.45, 7) is 3.94. The van der Waals surface area contributed by atoms with Crippen LogP contribution in [0.2, 0.25) is 5.02 Å². The summed E-state index contributed by atoms with van der Waals surface area (Å²) in [5.41, 5.74) is 3.58. The first-order valence-corrected chi connectivity index (χ1v) is 12.3. The lowest BCUT2D eigenvalue weighted by molar-refractivity contribution is -0.132. The van der Waals surface area contributed by atoms with Crippen molar-refractivity contribution >= 4 is 40.4 Å². The number of aliphatic hydroxyl groups is 1. The van der Waals surface area contributed by atoms with Crippen LogP contribution < -0.4 is 14.5 Å². The van der Waals surface area contributed by atoms with Gasteiger partial charge in [-0.3, -0.25) is 14.5 Å². The molecule has 0 aliphatic carbocycles. The second-order valence-corrected chi connectivity index (χ2v) is 9.52. The highest BCUT2D eigenvalue weighted by Gasteiger charge is 2.47. The van der Waals surface area contributed by atoms with Crippen LogP contribution in [0.4, 0.5) is 11.4 Å². The van der Waals surface area contributed by atoms with Gasteiger partial charge in [0.25, 0.3) is 11.7 Å². The van der Waals surface area contributed by atoms with Crippen molar-refractivity contribution in [3.05, 3.63) is 94.0 Å². The summed E-state index contributed by atoms with van der Waals surface area (Å²) in [6.07, 6.45) is 2.33. The Balaban J connectivity index is 1.68. The molecule has 1 N–H and O–H groups in total. The molecule has 7 heteroatoms. The van der Waals surface area contributed by atoms with Gasteiger partial charge < -0.3 is 14.7 Å². The van der Waals surface area contributed by atoms with E-state index in [9.17, 15) is 14.7 Å². The number of methoxy groups -OCH3 is 1. The summed E-state index contributed by atoms with van der Waals surface area (Å²) in [5, 5.41) is 11.8. The number of aryl methyl sites for hydroxylation is 1. The Kier molecular flexibility index (Phi) is 6.46. The molecule has 184 valence electrons. The fourth-order valence-corrected chi connectivity index (χ4v) is 5.27. The average molecular weight is 503 g/mol. The first-order valence-electron chi connectivity index (χ1n) is 12.0. The van der Waals surface area contributed by atoms with Crippen molar-refractivity contribution in [1.82, 2.24) is 0 Å².